The van der Waals surface area contributed by atoms with Gasteiger partial charge in [0.25, 0.3) is 5.91 Å². The fourth-order valence-electron chi connectivity index (χ4n) is 10.5. The van der Waals surface area contributed by atoms with E-state index in [0.29, 0.717) is 74.5 Å². The molecule has 6 N–H and O–H groups in total. The summed E-state index contributed by atoms with van der Waals surface area (Å²) in [4.78, 5) is 121. The second-order valence-electron chi connectivity index (χ2n) is 21.6. The van der Waals surface area contributed by atoms with Crippen molar-refractivity contribution in [2.45, 2.75) is 122 Å². The van der Waals surface area contributed by atoms with Crippen molar-refractivity contribution >= 4 is 97.2 Å². The number of nitrogens with one attached hydrogen (secondary N) is 4. The van der Waals surface area contributed by atoms with Crippen LogP contribution < -0.4 is 36.1 Å². The van der Waals surface area contributed by atoms with Gasteiger partial charge in [0, 0.05) is 136 Å². The number of fused-ring (bicyclic) bond motifs is 2. The van der Waals surface area contributed by atoms with Crippen molar-refractivity contribution in [1.29, 1.82) is 0 Å². The van der Waals surface area contributed by atoms with Gasteiger partial charge in [0.15, 0.2) is 0 Å². The molecule has 2 atom stereocenters. The number of aromatic nitrogens is 1. The molecule has 2 aromatic carbocycles. The van der Waals surface area contributed by atoms with Gasteiger partial charge in [0.1, 0.15) is 47.3 Å². The largest absolute Gasteiger partial charge is 0.748 e. The van der Waals surface area contributed by atoms with E-state index in [0.717, 1.165) is 64.3 Å². The molecule has 1 saturated heterocycles. The van der Waals surface area contributed by atoms with E-state index in [-0.39, 0.29) is 82.1 Å². The second kappa shape index (κ2) is 35.7. The van der Waals surface area contributed by atoms with Crippen LogP contribution in [0.1, 0.15) is 115 Å². The quantitative estimate of drug-likeness (QED) is 0.00653. The van der Waals surface area contributed by atoms with Crippen LogP contribution in [0.15, 0.2) is 94.5 Å². The predicted octanol–water partition coefficient (Wildman–Crippen LogP) is 6.16. The number of nitrogens with zero attached hydrogens (tertiary/aromatic N) is 5. The Balaban J connectivity index is 0.922. The third kappa shape index (κ3) is 23.0. The van der Waals surface area contributed by atoms with E-state index in [1.165, 1.54) is 21.6 Å². The summed E-state index contributed by atoms with van der Waals surface area (Å²) in [6.07, 6.45) is 2.92. The van der Waals surface area contributed by atoms with Gasteiger partial charge in [-0.05, 0) is 125 Å². The highest BCUT2D eigenvalue weighted by molar-refractivity contribution is 8.76. The number of unbranched alkanes of at least 4 members (excludes halogenated alkanes) is 3. The molecule has 0 spiro atoms. The van der Waals surface area contributed by atoms with Crippen LogP contribution in [-0.2, 0) is 43.5 Å². The summed E-state index contributed by atoms with van der Waals surface area (Å²) < 4.78 is 55.9. The first-order chi connectivity index (χ1) is 42.6. The van der Waals surface area contributed by atoms with Gasteiger partial charge in [-0.2, -0.15) is 0 Å². The van der Waals surface area contributed by atoms with E-state index in [1.807, 2.05) is 42.5 Å². The van der Waals surface area contributed by atoms with Crippen LogP contribution >= 0.6 is 29.2 Å². The molecule has 1 fully saturated rings. The highest BCUT2D eigenvalue weighted by Gasteiger charge is 2.30. The SMILES string of the molecule is CCN(CC)c1ccc2c(-c3ccccc3C(=O)N3CCN(C(=O)CCCCC(=O)NC(CS(=O)(=O)[O-])C(=O)NCCCCC(=O)NC(CCP(=O)(O)O)C(=O)NCCCCC(=O)CCSSc4ccccn4)CC3)c3ccc(=[N+](CC)CC)cc-3oc2c1. The number of Topliss-reactive ketones (excluding diaryl/α,β-unsaturated/α-hetero) is 1. The molecule has 6 rings (SSSR count). The number of benzene rings is 3. The lowest BCUT2D eigenvalue weighted by Crippen LogP contribution is -2.50. The highest BCUT2D eigenvalue weighted by Crippen LogP contribution is 2.42. The number of carbonyl (C=O) groups excluding carboxylic acids is 7. The van der Waals surface area contributed by atoms with Crippen LogP contribution in [0.25, 0.3) is 33.4 Å². The summed E-state index contributed by atoms with van der Waals surface area (Å²) in [5.74, 6) is -3.08. The predicted molar refractivity (Wildman–Crippen MR) is 345 cm³/mol. The Bertz CT molecular complexity index is 3420. The van der Waals surface area contributed by atoms with Crippen LogP contribution in [0.4, 0.5) is 5.69 Å². The van der Waals surface area contributed by atoms with Gasteiger partial charge >= 0.3 is 7.60 Å². The van der Waals surface area contributed by atoms with Crippen LogP contribution in [-0.4, -0.2) is 174 Å². The van der Waals surface area contributed by atoms with Gasteiger partial charge < -0.3 is 54.7 Å². The summed E-state index contributed by atoms with van der Waals surface area (Å²) in [5, 5.41) is 12.7. The number of pyridine rings is 1. The number of hydrogen-bond donors (Lipinski definition) is 6. The fraction of sp³-hybridized carbons (Fsp3) is 0.500. The number of hydrogen-bond acceptors (Lipinski definition) is 16. The summed E-state index contributed by atoms with van der Waals surface area (Å²) in [6.45, 7) is 13.0. The Morgan fingerprint density at radius 1 is 0.730 bits per heavy atom. The maximum absolute atomic E-state index is 14.6. The minimum absolute atomic E-state index is 0.0748. The van der Waals surface area contributed by atoms with Crippen LogP contribution in [0.5, 0.6) is 0 Å². The van der Waals surface area contributed by atoms with E-state index in [1.54, 1.807) is 16.0 Å². The smallest absolute Gasteiger partial charge is 0.325 e. The van der Waals surface area contributed by atoms with Crippen molar-refractivity contribution in [2.24, 2.45) is 0 Å². The molecule has 3 aliphatic rings. The van der Waals surface area contributed by atoms with Gasteiger partial charge in [-0.1, -0.05) is 35.1 Å². The van der Waals surface area contributed by atoms with Gasteiger partial charge in [0.2, 0.25) is 34.9 Å². The third-order valence-corrected chi connectivity index (χ3v) is 19.1. The number of anilines is 1. The molecule has 27 heteroatoms. The van der Waals surface area contributed by atoms with Gasteiger partial charge in [-0.25, -0.2) is 18.0 Å². The molecule has 23 nitrogen and oxygen atoms in total. The van der Waals surface area contributed by atoms with Crippen molar-refractivity contribution in [3.8, 4) is 22.5 Å². The summed E-state index contributed by atoms with van der Waals surface area (Å²) >= 11 is 0. The molecule has 89 heavy (non-hydrogen) atoms. The Morgan fingerprint density at radius 3 is 1.99 bits per heavy atom. The van der Waals surface area contributed by atoms with E-state index >= 15 is 0 Å². The summed E-state index contributed by atoms with van der Waals surface area (Å²) in [7, 11) is -6.50. The lowest BCUT2D eigenvalue weighted by atomic mass is 9.90. The molecule has 3 aromatic rings. The fourth-order valence-corrected chi connectivity index (χ4v) is 13.6. The molecule has 0 bridgehead atoms. The molecule has 2 aliphatic heterocycles. The maximum Gasteiger partial charge on any atom is 0.325 e. The highest BCUT2D eigenvalue weighted by atomic mass is 33.1. The van der Waals surface area contributed by atoms with Crippen LogP contribution in [0, 0.1) is 0 Å². The monoisotopic (exact) mass is 1310 g/mol. The maximum atomic E-state index is 14.6. The summed E-state index contributed by atoms with van der Waals surface area (Å²) in [6, 6.07) is 22.6. The average Bonchev–Trinajstić information content (AvgIpc) is 0.844. The number of amides is 6. The number of carbonyl (C=O) groups is 7. The van der Waals surface area contributed by atoms with Gasteiger partial charge in [0.05, 0.1) is 28.1 Å². The molecule has 1 aromatic heterocycles. The molecular weight excluding hydrogens is 1220 g/mol. The van der Waals surface area contributed by atoms with Crippen LogP contribution in [0.2, 0.25) is 0 Å². The first-order valence-corrected chi connectivity index (χ1v) is 36.2. The molecule has 0 saturated carbocycles. The van der Waals surface area contributed by atoms with E-state index < -0.39 is 65.3 Å². The third-order valence-electron chi connectivity index (χ3n) is 15.3. The standard InChI is InChI=1S/C62H84N9O14PS3/c1-5-68(6-2)44-26-28-49-53(41-44)85-54-42-45(69(7-3)8-4)27-29-50(54)59(49)47-20-9-10-21-48(47)62(78)71-37-35-70(36-38-71)58(75)25-12-11-22-56(74)67-52(43-89(82,83)84)61(77)65-34-17-14-23-55(73)66-51(30-39-86(79,80)81)60(76)64-33-16-13-19-46(72)31-40-87-88-57-24-15-18-32-63-57/h9-10,15,18,20-21,24,26-29,32,41-42,51-52H,5-8,11-14,16-17,19,22-23,25,30-31,33-40,43H2,1-4H3,(H6-,64,65,66,67,73,74,76,77,79,80,81,82,83,84). The number of piperazine rings is 1. The van der Waals surface area contributed by atoms with Gasteiger partial charge in [-0.15, -0.1) is 0 Å². The Morgan fingerprint density at radius 2 is 1.35 bits per heavy atom. The molecule has 2 unspecified atom stereocenters. The molecule has 0 radical (unpaired) electrons. The van der Waals surface area contributed by atoms with Crippen molar-refractivity contribution < 1.29 is 65.3 Å². The Kier molecular flexibility index (Phi) is 28.6. The average molecular weight is 1310 g/mol. The summed E-state index contributed by atoms with van der Waals surface area (Å²) in [5.41, 5.74) is 4.78. The zero-order chi connectivity index (χ0) is 64.5. The van der Waals surface area contributed by atoms with E-state index in [4.69, 9.17) is 4.42 Å². The van der Waals surface area contributed by atoms with Gasteiger partial charge in [-0.3, -0.25) is 38.1 Å². The topological polar surface area (TPSA) is 321 Å². The minimum Gasteiger partial charge on any atom is -0.748 e. The van der Waals surface area contributed by atoms with Crippen LogP contribution in [0.3, 0.4) is 0 Å². The first-order valence-electron chi connectivity index (χ1n) is 30.5. The second-order valence-corrected chi connectivity index (χ2v) is 27.3. The van der Waals surface area contributed by atoms with Crippen molar-refractivity contribution in [3.63, 3.8) is 0 Å². The zero-order valence-corrected chi connectivity index (χ0v) is 54.5. The minimum atomic E-state index is -4.99. The van der Waals surface area contributed by atoms with E-state index in [9.17, 15) is 60.9 Å². The van der Waals surface area contributed by atoms with E-state index in [2.05, 4.69) is 99.8 Å². The Hall–Kier alpha value is -6.67. The lowest BCUT2D eigenvalue weighted by Gasteiger charge is -2.35. The van der Waals surface area contributed by atoms with Crippen molar-refractivity contribution in [1.82, 2.24) is 40.6 Å². The Labute approximate surface area is 528 Å². The zero-order valence-electron chi connectivity index (χ0n) is 51.1. The number of ketones is 1. The molecule has 6 amide bonds. The lowest BCUT2D eigenvalue weighted by molar-refractivity contribution is -0.133. The molecular formula is C62H84N9O14PS3. The number of rotatable bonds is 36. The molecule has 484 valence electrons. The van der Waals surface area contributed by atoms with Crippen molar-refractivity contribution in [2.75, 3.05) is 88.0 Å². The van der Waals surface area contributed by atoms with Crippen molar-refractivity contribution in [3.05, 3.63) is 96.0 Å². The molecule has 1 aliphatic carbocycles. The normalized spacial score (nSPS) is 13.4. The molecule has 3 heterocycles. The first kappa shape index (κ1) is 71.4.